The number of anilines is 1. The molecule has 1 aromatic heterocycles. The van der Waals surface area contributed by atoms with Crippen molar-refractivity contribution in [3.05, 3.63) is 46.1 Å². The molecule has 1 heterocycles. The number of carbonyl (C=O) groups is 2. The third-order valence-corrected chi connectivity index (χ3v) is 3.45. The summed E-state index contributed by atoms with van der Waals surface area (Å²) >= 11 is 3.31. The molecule has 0 saturated heterocycles. The molecule has 7 heteroatoms. The molecule has 0 bridgehead atoms. The molecule has 0 radical (unpaired) electrons. The summed E-state index contributed by atoms with van der Waals surface area (Å²) in [7, 11) is 0. The van der Waals surface area contributed by atoms with Crippen molar-refractivity contribution in [3.8, 4) is 0 Å². The lowest BCUT2D eigenvalue weighted by atomic mass is 10.1. The van der Waals surface area contributed by atoms with E-state index >= 15 is 0 Å². The van der Waals surface area contributed by atoms with E-state index in [-0.39, 0.29) is 23.3 Å². The number of aromatic nitrogens is 2. The molecule has 2 N–H and O–H groups in total. The van der Waals surface area contributed by atoms with E-state index < -0.39 is 5.97 Å². The Bertz CT molecular complexity index is 664. The van der Waals surface area contributed by atoms with E-state index in [1.807, 2.05) is 13.8 Å². The highest BCUT2D eigenvalue weighted by molar-refractivity contribution is 9.10. The minimum atomic E-state index is -1.13. The van der Waals surface area contributed by atoms with Crippen molar-refractivity contribution in [2.24, 2.45) is 0 Å². The second-order valence-corrected chi connectivity index (χ2v) is 5.63. The van der Waals surface area contributed by atoms with Crippen LogP contribution in [0.2, 0.25) is 0 Å². The Morgan fingerprint density at radius 3 is 2.43 bits per heavy atom. The fourth-order valence-electron chi connectivity index (χ4n) is 1.95. The van der Waals surface area contributed by atoms with E-state index in [1.165, 1.54) is 11.1 Å². The molecule has 0 unspecified atom stereocenters. The summed E-state index contributed by atoms with van der Waals surface area (Å²) < 4.78 is 0.864. The highest BCUT2D eigenvalue weighted by atomic mass is 79.9. The van der Waals surface area contributed by atoms with Crippen LogP contribution in [-0.4, -0.2) is 33.2 Å². The first kappa shape index (κ1) is 15.2. The van der Waals surface area contributed by atoms with Gasteiger partial charge in [0.1, 0.15) is 11.4 Å². The first-order valence-corrected chi connectivity index (χ1v) is 7.07. The van der Waals surface area contributed by atoms with Gasteiger partial charge >= 0.3 is 5.97 Å². The molecule has 0 spiro atoms. The molecule has 2 aromatic rings. The number of amides is 1. The molecule has 0 saturated carbocycles. The Hall–Kier alpha value is -2.15. The summed E-state index contributed by atoms with van der Waals surface area (Å²) in [5.74, 6) is -1.23. The molecule has 0 aliphatic rings. The van der Waals surface area contributed by atoms with E-state index in [4.69, 9.17) is 5.11 Å². The van der Waals surface area contributed by atoms with Crippen LogP contribution in [0.15, 0.2) is 34.9 Å². The Morgan fingerprint density at radius 1 is 1.29 bits per heavy atom. The Kier molecular flexibility index (Phi) is 4.42. The van der Waals surface area contributed by atoms with Gasteiger partial charge in [-0.3, -0.25) is 14.8 Å². The van der Waals surface area contributed by atoms with Gasteiger partial charge in [0.25, 0.3) is 5.91 Å². The molecule has 0 aliphatic heterocycles. The first-order chi connectivity index (χ1) is 9.91. The quantitative estimate of drug-likeness (QED) is 0.886. The van der Waals surface area contributed by atoms with Crippen molar-refractivity contribution in [1.82, 2.24) is 10.2 Å². The van der Waals surface area contributed by atoms with E-state index in [2.05, 4.69) is 26.1 Å². The summed E-state index contributed by atoms with van der Waals surface area (Å²) in [6.07, 6.45) is 1.20. The zero-order valence-electron chi connectivity index (χ0n) is 11.5. The van der Waals surface area contributed by atoms with Crippen LogP contribution in [0.5, 0.6) is 0 Å². The van der Waals surface area contributed by atoms with Crippen LogP contribution in [0.4, 0.5) is 5.82 Å². The topological polar surface area (TPSA) is 86.3 Å². The van der Waals surface area contributed by atoms with Gasteiger partial charge in [-0.2, -0.15) is 5.10 Å². The average Bonchev–Trinajstić information content (AvgIpc) is 2.88. The van der Waals surface area contributed by atoms with Crippen molar-refractivity contribution in [1.29, 1.82) is 0 Å². The second kappa shape index (κ2) is 6.09. The van der Waals surface area contributed by atoms with Gasteiger partial charge in [0.2, 0.25) is 0 Å². The molecular weight excluding hydrogens is 338 g/mol. The fourth-order valence-corrected chi connectivity index (χ4v) is 2.21. The van der Waals surface area contributed by atoms with Crippen LogP contribution >= 0.6 is 15.9 Å². The van der Waals surface area contributed by atoms with Gasteiger partial charge < -0.3 is 5.11 Å². The van der Waals surface area contributed by atoms with Gasteiger partial charge in [0.15, 0.2) is 0 Å². The second-order valence-electron chi connectivity index (χ2n) is 4.71. The van der Waals surface area contributed by atoms with Crippen molar-refractivity contribution in [2.45, 2.75) is 19.9 Å². The maximum atomic E-state index is 12.6. The zero-order valence-corrected chi connectivity index (χ0v) is 13.1. The lowest BCUT2D eigenvalue weighted by molar-refractivity contribution is 0.0697. The largest absolute Gasteiger partial charge is 0.477 e. The number of hydrogen-bond donors (Lipinski definition) is 2. The van der Waals surface area contributed by atoms with Gasteiger partial charge in [-0.15, -0.1) is 0 Å². The highest BCUT2D eigenvalue weighted by Crippen LogP contribution is 2.22. The Morgan fingerprint density at radius 2 is 1.90 bits per heavy atom. The molecule has 2 rings (SSSR count). The number of benzene rings is 1. The number of nitrogens with zero attached hydrogens (tertiary/aromatic N) is 2. The molecule has 0 fully saturated rings. The van der Waals surface area contributed by atoms with E-state index in [9.17, 15) is 9.59 Å². The predicted octanol–water partition coefficient (Wildman–Crippen LogP) is 2.93. The zero-order chi connectivity index (χ0) is 15.6. The maximum absolute atomic E-state index is 12.6. The number of hydrogen-bond acceptors (Lipinski definition) is 3. The van der Waals surface area contributed by atoms with Crippen LogP contribution in [0.1, 0.15) is 34.6 Å². The van der Waals surface area contributed by atoms with Gasteiger partial charge in [0, 0.05) is 16.1 Å². The number of carboxylic acid groups (broad SMARTS) is 1. The Labute approximate surface area is 129 Å². The summed E-state index contributed by atoms with van der Waals surface area (Å²) in [5, 5.41) is 15.5. The molecule has 110 valence electrons. The number of nitrogens with one attached hydrogen (secondary N) is 1. The SMILES string of the molecule is CC(C)N(C(=O)c1ccc(Br)cc1)c1[nH]ncc1C(=O)O. The minimum Gasteiger partial charge on any atom is -0.477 e. The molecule has 6 nitrogen and oxygen atoms in total. The van der Waals surface area contributed by atoms with Crippen LogP contribution < -0.4 is 4.90 Å². The maximum Gasteiger partial charge on any atom is 0.341 e. The summed E-state index contributed by atoms with van der Waals surface area (Å²) in [4.78, 5) is 25.2. The molecule has 1 amide bonds. The Balaban J connectivity index is 2.44. The number of aromatic amines is 1. The van der Waals surface area contributed by atoms with E-state index in [0.29, 0.717) is 5.56 Å². The normalized spacial score (nSPS) is 10.7. The number of carboxylic acids is 1. The van der Waals surface area contributed by atoms with Crippen molar-refractivity contribution in [2.75, 3.05) is 4.90 Å². The summed E-state index contributed by atoms with van der Waals surface area (Å²) in [6, 6.07) is 6.66. The smallest absolute Gasteiger partial charge is 0.341 e. The fraction of sp³-hybridized carbons (Fsp3) is 0.214. The highest BCUT2D eigenvalue weighted by Gasteiger charge is 2.26. The monoisotopic (exact) mass is 351 g/mol. The van der Waals surface area contributed by atoms with Gasteiger partial charge in [-0.05, 0) is 38.1 Å². The van der Waals surface area contributed by atoms with Crippen LogP contribution in [-0.2, 0) is 0 Å². The lowest BCUT2D eigenvalue weighted by Crippen LogP contribution is -2.38. The van der Waals surface area contributed by atoms with Crippen LogP contribution in [0.25, 0.3) is 0 Å². The number of rotatable bonds is 4. The number of halogens is 1. The van der Waals surface area contributed by atoms with Crippen molar-refractivity contribution >= 4 is 33.6 Å². The average molecular weight is 352 g/mol. The summed E-state index contributed by atoms with van der Waals surface area (Å²) in [5.41, 5.74) is 0.437. The van der Waals surface area contributed by atoms with E-state index in [0.717, 1.165) is 4.47 Å². The van der Waals surface area contributed by atoms with Gasteiger partial charge in [-0.25, -0.2) is 4.79 Å². The molecule has 0 aliphatic carbocycles. The van der Waals surface area contributed by atoms with Crippen molar-refractivity contribution < 1.29 is 14.7 Å². The van der Waals surface area contributed by atoms with Gasteiger partial charge in [-0.1, -0.05) is 15.9 Å². The standard InChI is InChI=1S/C14H14BrN3O3/c1-8(2)18(12-11(14(20)21)7-16-17-12)13(19)9-3-5-10(15)6-4-9/h3-8H,1-2H3,(H,16,17)(H,20,21). The molecule has 0 atom stereocenters. The number of aromatic carboxylic acids is 1. The third-order valence-electron chi connectivity index (χ3n) is 2.92. The van der Waals surface area contributed by atoms with Gasteiger partial charge in [0.05, 0.1) is 6.20 Å². The van der Waals surface area contributed by atoms with Crippen LogP contribution in [0.3, 0.4) is 0 Å². The lowest BCUT2D eigenvalue weighted by Gasteiger charge is -2.25. The molecule has 21 heavy (non-hydrogen) atoms. The molecule has 1 aromatic carbocycles. The number of carbonyl (C=O) groups excluding carboxylic acids is 1. The van der Waals surface area contributed by atoms with Crippen molar-refractivity contribution in [3.63, 3.8) is 0 Å². The third kappa shape index (κ3) is 3.13. The first-order valence-electron chi connectivity index (χ1n) is 6.27. The summed E-state index contributed by atoms with van der Waals surface area (Å²) in [6.45, 7) is 3.62. The van der Waals surface area contributed by atoms with Crippen LogP contribution in [0, 0.1) is 0 Å². The minimum absolute atomic E-state index is 0.0332. The predicted molar refractivity (Wildman–Crippen MR) is 81.6 cm³/mol. The number of H-pyrrole nitrogens is 1. The molecular formula is C14H14BrN3O3. The van der Waals surface area contributed by atoms with E-state index in [1.54, 1.807) is 24.3 Å².